The third-order valence-electron chi connectivity index (χ3n) is 10.1. The molecule has 0 aromatic rings. The molecule has 0 saturated carbocycles. The fraction of sp³-hybridized carbons (Fsp3) is 0.655. The lowest BCUT2D eigenvalue weighted by molar-refractivity contribution is -0.167. The maximum Gasteiger partial charge on any atom is 0.306 e. The van der Waals surface area contributed by atoms with Gasteiger partial charge < -0.3 is 14.2 Å². The Balaban J connectivity index is 4.51. The topological polar surface area (TPSA) is 78.9 Å². The Bertz CT molecular complexity index is 1250. The minimum atomic E-state index is -0.809. The van der Waals surface area contributed by atoms with Crippen LogP contribution >= 0.6 is 0 Å². The molecule has 346 valence electrons. The number of hydrogen-bond donors (Lipinski definition) is 0. The maximum absolute atomic E-state index is 12.8. The van der Waals surface area contributed by atoms with Gasteiger partial charge >= 0.3 is 17.9 Å². The molecule has 61 heavy (non-hydrogen) atoms. The van der Waals surface area contributed by atoms with E-state index >= 15 is 0 Å². The van der Waals surface area contributed by atoms with Gasteiger partial charge in [0.15, 0.2) is 6.10 Å². The van der Waals surface area contributed by atoms with Crippen LogP contribution in [0.4, 0.5) is 0 Å². The van der Waals surface area contributed by atoms with Crippen LogP contribution in [0.2, 0.25) is 0 Å². The quantitative estimate of drug-likeness (QED) is 0.0200. The van der Waals surface area contributed by atoms with Crippen LogP contribution in [0.15, 0.2) is 97.2 Å². The van der Waals surface area contributed by atoms with Crippen LogP contribution in [0.1, 0.15) is 213 Å². The predicted octanol–water partition coefficient (Wildman–Crippen LogP) is 16.2. The molecule has 0 radical (unpaired) electrons. The normalized spacial score (nSPS) is 12.9. The van der Waals surface area contributed by atoms with Crippen molar-refractivity contribution in [1.82, 2.24) is 0 Å². The van der Waals surface area contributed by atoms with E-state index in [4.69, 9.17) is 14.2 Å². The first-order valence-electron chi connectivity index (χ1n) is 24.8. The predicted molar refractivity (Wildman–Crippen MR) is 260 cm³/mol. The minimum Gasteiger partial charge on any atom is -0.462 e. The third kappa shape index (κ3) is 47.2. The van der Waals surface area contributed by atoms with E-state index in [1.54, 1.807) is 0 Å². The van der Waals surface area contributed by atoms with Gasteiger partial charge in [0.05, 0.1) is 0 Å². The van der Waals surface area contributed by atoms with Crippen molar-refractivity contribution in [3.63, 3.8) is 0 Å². The Labute approximate surface area is 375 Å². The van der Waals surface area contributed by atoms with Crippen LogP contribution in [-0.2, 0) is 28.6 Å². The summed E-state index contributed by atoms with van der Waals surface area (Å²) in [6.45, 7) is 6.31. The van der Waals surface area contributed by atoms with Crippen molar-refractivity contribution in [3.8, 4) is 0 Å². The van der Waals surface area contributed by atoms with E-state index < -0.39 is 6.10 Å². The van der Waals surface area contributed by atoms with Gasteiger partial charge in [-0.1, -0.05) is 214 Å². The van der Waals surface area contributed by atoms with E-state index in [2.05, 4.69) is 112 Å². The number of carbonyl (C=O) groups excluding carboxylic acids is 3. The van der Waals surface area contributed by atoms with Crippen molar-refractivity contribution in [3.05, 3.63) is 97.2 Å². The molecule has 0 aliphatic rings. The average Bonchev–Trinajstić information content (AvgIpc) is 3.26. The van der Waals surface area contributed by atoms with Crippen LogP contribution in [0, 0.1) is 0 Å². The number of allylic oxidation sites excluding steroid dienone is 16. The van der Waals surface area contributed by atoms with E-state index in [0.29, 0.717) is 19.3 Å². The highest BCUT2D eigenvalue weighted by atomic mass is 16.6. The molecule has 6 nitrogen and oxygen atoms in total. The van der Waals surface area contributed by atoms with Crippen molar-refractivity contribution >= 4 is 17.9 Å². The molecule has 0 fully saturated rings. The molecule has 0 aliphatic heterocycles. The zero-order valence-electron chi connectivity index (χ0n) is 39.4. The Morgan fingerprint density at radius 2 is 0.738 bits per heavy atom. The highest BCUT2D eigenvalue weighted by Crippen LogP contribution is 2.14. The highest BCUT2D eigenvalue weighted by Gasteiger charge is 2.19. The molecule has 0 aliphatic carbocycles. The lowest BCUT2D eigenvalue weighted by atomic mass is 10.0. The van der Waals surface area contributed by atoms with Gasteiger partial charge in [-0.2, -0.15) is 0 Å². The molecular weight excluding hydrogens is 757 g/mol. The van der Waals surface area contributed by atoms with Crippen molar-refractivity contribution in [2.75, 3.05) is 13.2 Å². The molecule has 0 rings (SSSR count). The summed E-state index contributed by atoms with van der Waals surface area (Å²) < 4.78 is 16.7. The fourth-order valence-electron chi connectivity index (χ4n) is 6.48. The smallest absolute Gasteiger partial charge is 0.306 e. The molecule has 0 saturated heterocycles. The second-order valence-corrected chi connectivity index (χ2v) is 16.0. The Kier molecular flexibility index (Phi) is 46.0. The molecular formula is C55H90O6. The molecule has 0 heterocycles. The lowest BCUT2D eigenvalue weighted by Gasteiger charge is -2.18. The van der Waals surface area contributed by atoms with E-state index in [0.717, 1.165) is 103 Å². The number of esters is 3. The number of rotatable bonds is 43. The van der Waals surface area contributed by atoms with Gasteiger partial charge in [-0.3, -0.25) is 14.4 Å². The molecule has 0 aromatic carbocycles. The van der Waals surface area contributed by atoms with Crippen molar-refractivity contribution in [1.29, 1.82) is 0 Å². The molecule has 0 spiro atoms. The average molecular weight is 847 g/mol. The van der Waals surface area contributed by atoms with Crippen molar-refractivity contribution in [2.24, 2.45) is 0 Å². The number of hydrogen-bond acceptors (Lipinski definition) is 6. The summed E-state index contributed by atoms with van der Waals surface area (Å²) in [4.78, 5) is 37.9. The number of carbonyl (C=O) groups is 3. The molecule has 0 N–H and O–H groups in total. The summed E-state index contributed by atoms with van der Waals surface area (Å²) in [6.07, 6.45) is 63.9. The molecule has 1 atom stereocenters. The van der Waals surface area contributed by atoms with Crippen LogP contribution < -0.4 is 0 Å². The summed E-state index contributed by atoms with van der Waals surface area (Å²) >= 11 is 0. The van der Waals surface area contributed by atoms with E-state index in [9.17, 15) is 14.4 Å². The van der Waals surface area contributed by atoms with Crippen LogP contribution in [0.3, 0.4) is 0 Å². The van der Waals surface area contributed by atoms with Gasteiger partial charge in [-0.05, 0) is 77.0 Å². The Morgan fingerprint density at radius 3 is 1.23 bits per heavy atom. The standard InChI is InChI=1S/C55H90O6/c1-4-7-10-13-16-19-22-25-26-27-28-31-33-36-39-42-45-48-54(57)60-51-52(61-55(58)49-46-43-40-37-34-30-24-21-18-15-12-9-6-3)50-59-53(56)47-44-41-38-35-32-29-23-20-17-14-11-8-5-2/h7,9-10,12,15-16,18-19,21,24-26,28,31,36,39,52H,4-6,8,11,13-14,17,20,22-23,27,29-30,32-35,37-38,40-51H2,1-3H3/b10-7+,12-9+,18-15+,19-16+,24-21+,26-25+,31-28+,39-36+. The molecule has 6 heteroatoms. The van der Waals surface area contributed by atoms with E-state index in [1.165, 1.54) is 64.2 Å². The Hall–Kier alpha value is -3.67. The minimum absolute atomic E-state index is 0.103. The van der Waals surface area contributed by atoms with Gasteiger partial charge in [0.25, 0.3) is 0 Å². The number of unbranched alkanes of at least 4 members (excludes halogenated alkanes) is 18. The summed E-state index contributed by atoms with van der Waals surface area (Å²) in [7, 11) is 0. The van der Waals surface area contributed by atoms with Crippen LogP contribution in [0.5, 0.6) is 0 Å². The first-order chi connectivity index (χ1) is 30.0. The molecule has 1 unspecified atom stereocenters. The number of ether oxygens (including phenoxy) is 3. The monoisotopic (exact) mass is 847 g/mol. The largest absolute Gasteiger partial charge is 0.462 e. The summed E-state index contributed by atoms with van der Waals surface area (Å²) in [5.41, 5.74) is 0. The van der Waals surface area contributed by atoms with Gasteiger partial charge in [0.1, 0.15) is 13.2 Å². The molecule has 0 amide bonds. The summed E-state index contributed by atoms with van der Waals surface area (Å²) in [5, 5.41) is 0. The lowest BCUT2D eigenvalue weighted by Crippen LogP contribution is -2.30. The van der Waals surface area contributed by atoms with Crippen molar-refractivity contribution < 1.29 is 28.6 Å². The molecule has 0 aromatic heterocycles. The molecule has 0 bridgehead atoms. The van der Waals surface area contributed by atoms with E-state index in [-0.39, 0.29) is 37.5 Å². The summed E-state index contributed by atoms with van der Waals surface area (Å²) in [6, 6.07) is 0. The van der Waals surface area contributed by atoms with E-state index in [1.807, 2.05) is 6.08 Å². The zero-order valence-corrected chi connectivity index (χ0v) is 39.4. The second kappa shape index (κ2) is 49.0. The third-order valence-corrected chi connectivity index (χ3v) is 10.1. The maximum atomic E-state index is 12.8. The summed E-state index contributed by atoms with van der Waals surface area (Å²) in [5.74, 6) is -0.989. The van der Waals surface area contributed by atoms with Gasteiger partial charge in [-0.25, -0.2) is 0 Å². The van der Waals surface area contributed by atoms with Crippen LogP contribution in [-0.4, -0.2) is 37.2 Å². The SMILES string of the molecule is CC/C=C/C=C/C=C/CCCCCCCC(=O)OC(COC(=O)CCC/C=C/C/C=C/C/C=C/C/C=C/C/C=C/CC)COC(=O)CCCCCCCCCCCCCCC. The van der Waals surface area contributed by atoms with Gasteiger partial charge in [0, 0.05) is 19.3 Å². The van der Waals surface area contributed by atoms with Gasteiger partial charge in [0.2, 0.25) is 0 Å². The highest BCUT2D eigenvalue weighted by molar-refractivity contribution is 5.71. The zero-order chi connectivity index (χ0) is 44.4. The fourth-order valence-corrected chi connectivity index (χ4v) is 6.48. The van der Waals surface area contributed by atoms with Gasteiger partial charge in [-0.15, -0.1) is 0 Å². The first-order valence-corrected chi connectivity index (χ1v) is 24.8. The first kappa shape index (κ1) is 57.3. The van der Waals surface area contributed by atoms with Crippen molar-refractivity contribution in [2.45, 2.75) is 219 Å². The Morgan fingerprint density at radius 1 is 0.361 bits per heavy atom. The van der Waals surface area contributed by atoms with Crippen LogP contribution in [0.25, 0.3) is 0 Å². The second-order valence-electron chi connectivity index (χ2n) is 16.0.